The van der Waals surface area contributed by atoms with Crippen LogP contribution in [0.3, 0.4) is 0 Å². The molecule has 2 aromatic rings. The van der Waals surface area contributed by atoms with Crippen LogP contribution >= 0.6 is 0 Å². The van der Waals surface area contributed by atoms with Crippen molar-refractivity contribution in [2.75, 3.05) is 0 Å². The fourth-order valence-electron chi connectivity index (χ4n) is 2.60. The Morgan fingerprint density at radius 3 is 2.48 bits per heavy atom. The first-order valence-corrected chi connectivity index (χ1v) is 7.51. The molecule has 4 heteroatoms. The number of hydrogen-bond donors (Lipinski definition) is 1. The zero-order valence-corrected chi connectivity index (χ0v) is 13.5. The van der Waals surface area contributed by atoms with Crippen molar-refractivity contribution in [3.8, 4) is 0 Å². The van der Waals surface area contributed by atoms with Crippen molar-refractivity contribution in [3.05, 3.63) is 29.1 Å². The second-order valence-electron chi connectivity index (χ2n) is 6.26. The van der Waals surface area contributed by atoms with Gasteiger partial charge < -0.3 is 9.67 Å². The largest absolute Gasteiger partial charge is 0.480 e. The average molecular weight is 288 g/mol. The summed E-state index contributed by atoms with van der Waals surface area (Å²) in [6, 6.07) is 4.10. The molecule has 4 nitrogen and oxygen atoms in total. The smallest absolute Gasteiger partial charge is 0.329 e. The highest BCUT2D eigenvalue weighted by Gasteiger charge is 2.33. The summed E-state index contributed by atoms with van der Waals surface area (Å²) in [7, 11) is 0. The van der Waals surface area contributed by atoms with Crippen LogP contribution in [0.5, 0.6) is 0 Å². The quantitative estimate of drug-likeness (QED) is 0.910. The van der Waals surface area contributed by atoms with E-state index >= 15 is 0 Å². The van der Waals surface area contributed by atoms with Gasteiger partial charge in [-0.25, -0.2) is 9.78 Å². The van der Waals surface area contributed by atoms with Crippen molar-refractivity contribution in [3.63, 3.8) is 0 Å². The number of hydrogen-bond acceptors (Lipinski definition) is 2. The van der Waals surface area contributed by atoms with E-state index in [4.69, 9.17) is 4.98 Å². The number of aromatic nitrogens is 2. The predicted octanol–water partition coefficient (Wildman–Crippen LogP) is 3.82. The highest BCUT2D eigenvalue weighted by molar-refractivity contribution is 5.83. The van der Waals surface area contributed by atoms with Crippen molar-refractivity contribution in [1.29, 1.82) is 0 Å². The molecule has 1 aromatic heterocycles. The first-order chi connectivity index (χ1) is 9.78. The van der Waals surface area contributed by atoms with Crippen molar-refractivity contribution < 1.29 is 9.90 Å². The topological polar surface area (TPSA) is 55.1 Å². The first-order valence-electron chi connectivity index (χ1n) is 7.51. The molecular weight excluding hydrogens is 264 g/mol. The number of carboxylic acid groups (broad SMARTS) is 1. The van der Waals surface area contributed by atoms with Gasteiger partial charge >= 0.3 is 5.97 Å². The number of benzene rings is 1. The standard InChI is InChI=1S/C17H24N2O2/c1-6-7-8-15-18-13-9-11(2)12(3)10-14(13)19(15)17(4,5)16(20)21/h9-10H,6-8H2,1-5H3,(H,20,21). The van der Waals surface area contributed by atoms with E-state index in [0.29, 0.717) is 0 Å². The van der Waals surface area contributed by atoms with Gasteiger partial charge in [-0.15, -0.1) is 0 Å². The fourth-order valence-corrected chi connectivity index (χ4v) is 2.60. The van der Waals surface area contributed by atoms with Crippen LogP contribution in [0.2, 0.25) is 0 Å². The number of carboxylic acids is 1. The van der Waals surface area contributed by atoms with Gasteiger partial charge in [-0.1, -0.05) is 13.3 Å². The van der Waals surface area contributed by atoms with Gasteiger partial charge in [-0.3, -0.25) is 0 Å². The van der Waals surface area contributed by atoms with Crippen molar-refractivity contribution in [2.45, 2.75) is 59.4 Å². The maximum Gasteiger partial charge on any atom is 0.329 e. The molecule has 21 heavy (non-hydrogen) atoms. The van der Waals surface area contributed by atoms with E-state index in [2.05, 4.69) is 26.0 Å². The number of aryl methyl sites for hydroxylation is 3. The fraction of sp³-hybridized carbons (Fsp3) is 0.529. The van der Waals surface area contributed by atoms with E-state index in [1.165, 1.54) is 5.56 Å². The van der Waals surface area contributed by atoms with Crippen LogP contribution in [-0.4, -0.2) is 20.6 Å². The van der Waals surface area contributed by atoms with Crippen LogP contribution < -0.4 is 0 Å². The molecule has 114 valence electrons. The molecule has 0 unspecified atom stereocenters. The Hall–Kier alpha value is -1.84. The normalized spacial score (nSPS) is 12.0. The molecule has 0 bridgehead atoms. The SMILES string of the molecule is CCCCc1nc2cc(C)c(C)cc2n1C(C)(C)C(=O)O. The number of unbranched alkanes of at least 4 members (excludes halogenated alkanes) is 1. The van der Waals surface area contributed by atoms with Crippen LogP contribution in [0, 0.1) is 13.8 Å². The number of fused-ring (bicyclic) bond motifs is 1. The molecule has 1 N–H and O–H groups in total. The lowest BCUT2D eigenvalue weighted by Crippen LogP contribution is -2.36. The minimum Gasteiger partial charge on any atom is -0.480 e. The molecule has 1 heterocycles. The molecule has 0 fully saturated rings. The second-order valence-corrected chi connectivity index (χ2v) is 6.26. The lowest BCUT2D eigenvalue weighted by molar-refractivity contribution is -0.145. The Bertz CT molecular complexity index is 684. The van der Waals surface area contributed by atoms with Crippen molar-refractivity contribution in [1.82, 2.24) is 9.55 Å². The summed E-state index contributed by atoms with van der Waals surface area (Å²) in [5.41, 5.74) is 3.14. The third-order valence-electron chi connectivity index (χ3n) is 4.18. The van der Waals surface area contributed by atoms with Crippen LogP contribution in [0.4, 0.5) is 0 Å². The predicted molar refractivity (Wildman–Crippen MR) is 84.8 cm³/mol. The summed E-state index contributed by atoms with van der Waals surface area (Å²) in [5.74, 6) is 0.0297. The molecule has 0 amide bonds. The van der Waals surface area contributed by atoms with E-state index in [1.807, 2.05) is 11.5 Å². The first kappa shape index (κ1) is 15.5. The maximum absolute atomic E-state index is 11.7. The third-order valence-corrected chi connectivity index (χ3v) is 4.18. The molecular formula is C17H24N2O2. The highest BCUT2D eigenvalue weighted by atomic mass is 16.4. The number of imidazole rings is 1. The Morgan fingerprint density at radius 2 is 1.90 bits per heavy atom. The summed E-state index contributed by atoms with van der Waals surface area (Å²) in [5, 5.41) is 9.60. The molecule has 0 spiro atoms. The molecule has 0 aliphatic rings. The number of aliphatic carboxylic acids is 1. The highest BCUT2D eigenvalue weighted by Crippen LogP contribution is 2.28. The van der Waals surface area contributed by atoms with E-state index < -0.39 is 11.5 Å². The van der Waals surface area contributed by atoms with Gasteiger partial charge in [0.1, 0.15) is 11.4 Å². The number of nitrogens with zero attached hydrogens (tertiary/aromatic N) is 2. The van der Waals surface area contributed by atoms with Crippen LogP contribution in [0.25, 0.3) is 11.0 Å². The van der Waals surface area contributed by atoms with Gasteiger partial charge in [-0.2, -0.15) is 0 Å². The van der Waals surface area contributed by atoms with E-state index in [9.17, 15) is 9.90 Å². The molecule has 0 radical (unpaired) electrons. The average Bonchev–Trinajstić information content (AvgIpc) is 2.74. The van der Waals surface area contributed by atoms with Gasteiger partial charge in [-0.05, 0) is 57.4 Å². The number of rotatable bonds is 5. The third kappa shape index (κ3) is 2.67. The van der Waals surface area contributed by atoms with E-state index in [-0.39, 0.29) is 0 Å². The molecule has 0 aliphatic heterocycles. The van der Waals surface area contributed by atoms with Gasteiger partial charge in [0, 0.05) is 6.42 Å². The van der Waals surface area contributed by atoms with Crippen LogP contribution in [0.15, 0.2) is 12.1 Å². The summed E-state index contributed by atoms with van der Waals surface area (Å²) in [6.45, 7) is 9.71. The summed E-state index contributed by atoms with van der Waals surface area (Å²) in [6.07, 6.45) is 2.88. The van der Waals surface area contributed by atoms with Gasteiger partial charge in [0.15, 0.2) is 0 Å². The van der Waals surface area contributed by atoms with Crippen molar-refractivity contribution in [2.24, 2.45) is 0 Å². The van der Waals surface area contributed by atoms with Gasteiger partial charge in [0.2, 0.25) is 0 Å². The minimum atomic E-state index is -1.00. The zero-order chi connectivity index (χ0) is 15.8. The van der Waals surface area contributed by atoms with Gasteiger partial charge in [0.25, 0.3) is 0 Å². The lowest BCUT2D eigenvalue weighted by Gasteiger charge is -2.25. The Balaban J connectivity index is 2.73. The van der Waals surface area contributed by atoms with E-state index in [0.717, 1.165) is 41.7 Å². The molecule has 0 saturated heterocycles. The Labute approximate surface area is 125 Å². The monoisotopic (exact) mass is 288 g/mol. The zero-order valence-electron chi connectivity index (χ0n) is 13.5. The molecule has 0 aliphatic carbocycles. The maximum atomic E-state index is 11.7. The van der Waals surface area contributed by atoms with Crippen molar-refractivity contribution >= 4 is 17.0 Å². The molecule has 2 rings (SSSR count). The second kappa shape index (κ2) is 5.51. The summed E-state index contributed by atoms with van der Waals surface area (Å²) >= 11 is 0. The summed E-state index contributed by atoms with van der Waals surface area (Å²) < 4.78 is 1.90. The van der Waals surface area contributed by atoms with Crippen LogP contribution in [0.1, 0.15) is 50.6 Å². The summed E-state index contributed by atoms with van der Waals surface area (Å²) in [4.78, 5) is 16.4. The lowest BCUT2D eigenvalue weighted by atomic mass is 10.0. The number of carbonyl (C=O) groups is 1. The van der Waals surface area contributed by atoms with Crippen LogP contribution in [-0.2, 0) is 16.8 Å². The minimum absolute atomic E-state index is 0.806. The molecule has 1 aromatic carbocycles. The Morgan fingerprint density at radius 1 is 1.29 bits per heavy atom. The van der Waals surface area contributed by atoms with E-state index in [1.54, 1.807) is 13.8 Å². The Kier molecular flexibility index (Phi) is 4.08. The molecule has 0 atom stereocenters. The van der Waals surface area contributed by atoms with Gasteiger partial charge in [0.05, 0.1) is 11.0 Å². The molecule has 0 saturated carbocycles.